The van der Waals surface area contributed by atoms with Gasteiger partial charge in [0, 0.05) is 16.2 Å². The van der Waals surface area contributed by atoms with E-state index in [1.807, 2.05) is 6.07 Å². The molecule has 2 atom stereocenters. The first-order chi connectivity index (χ1) is 7.22. The van der Waals surface area contributed by atoms with Crippen molar-refractivity contribution < 1.29 is 4.39 Å². The molecule has 1 aromatic carbocycles. The molecule has 0 radical (unpaired) electrons. The van der Waals surface area contributed by atoms with Gasteiger partial charge in [-0.05, 0) is 24.6 Å². The topological polar surface area (TPSA) is 12.0 Å². The van der Waals surface area contributed by atoms with Gasteiger partial charge in [-0.1, -0.05) is 26.0 Å². The predicted molar refractivity (Wildman–Crippen MR) is 62.8 cm³/mol. The molecular formula is C12H16FNS. The summed E-state index contributed by atoms with van der Waals surface area (Å²) >= 11 is 1.65. The smallest absolute Gasteiger partial charge is 0.137 e. The zero-order chi connectivity index (χ0) is 10.8. The molecule has 3 heteroatoms. The van der Waals surface area contributed by atoms with Crippen LogP contribution in [0.2, 0.25) is 0 Å². The maximum Gasteiger partial charge on any atom is 0.137 e. The van der Waals surface area contributed by atoms with Crippen molar-refractivity contribution >= 4 is 11.8 Å². The minimum atomic E-state index is -0.0769. The first-order valence-electron chi connectivity index (χ1n) is 5.40. The average Bonchev–Trinajstić information content (AvgIpc) is 2.20. The fourth-order valence-electron chi connectivity index (χ4n) is 2.07. The van der Waals surface area contributed by atoms with Crippen molar-refractivity contribution in [3.8, 4) is 0 Å². The Balaban J connectivity index is 2.37. The van der Waals surface area contributed by atoms with E-state index < -0.39 is 0 Å². The van der Waals surface area contributed by atoms with Crippen LogP contribution in [0.3, 0.4) is 0 Å². The van der Waals surface area contributed by atoms with Crippen molar-refractivity contribution in [2.45, 2.75) is 36.5 Å². The lowest BCUT2D eigenvalue weighted by atomic mass is 10.0. The molecule has 2 unspecified atom stereocenters. The fraction of sp³-hybridized carbons (Fsp3) is 0.500. The first-order valence-corrected chi connectivity index (χ1v) is 6.28. The SMILES string of the molecule is CCNC1CC(C)Sc2c(F)cccc21. The van der Waals surface area contributed by atoms with Gasteiger partial charge >= 0.3 is 0 Å². The molecule has 0 spiro atoms. The Morgan fingerprint density at radius 2 is 2.33 bits per heavy atom. The lowest BCUT2D eigenvalue weighted by Crippen LogP contribution is -2.27. The number of nitrogens with one attached hydrogen (secondary N) is 1. The normalized spacial score (nSPS) is 25.0. The van der Waals surface area contributed by atoms with Gasteiger partial charge in [-0.25, -0.2) is 4.39 Å². The Kier molecular flexibility index (Phi) is 3.32. The van der Waals surface area contributed by atoms with Crippen molar-refractivity contribution in [2.75, 3.05) is 6.54 Å². The highest BCUT2D eigenvalue weighted by Crippen LogP contribution is 2.41. The summed E-state index contributed by atoms with van der Waals surface area (Å²) in [7, 11) is 0. The summed E-state index contributed by atoms with van der Waals surface area (Å²) in [6.07, 6.45) is 1.08. The van der Waals surface area contributed by atoms with Crippen LogP contribution in [0.15, 0.2) is 23.1 Å². The third kappa shape index (κ3) is 2.18. The minimum Gasteiger partial charge on any atom is -0.310 e. The summed E-state index contributed by atoms with van der Waals surface area (Å²) in [4.78, 5) is 0.835. The molecule has 0 fully saturated rings. The molecule has 0 amide bonds. The van der Waals surface area contributed by atoms with E-state index >= 15 is 0 Å². The molecule has 82 valence electrons. The maximum atomic E-state index is 13.6. The van der Waals surface area contributed by atoms with Gasteiger partial charge in [-0.3, -0.25) is 0 Å². The van der Waals surface area contributed by atoms with E-state index in [1.165, 1.54) is 0 Å². The fourth-order valence-corrected chi connectivity index (χ4v) is 3.29. The molecule has 0 bridgehead atoms. The van der Waals surface area contributed by atoms with Gasteiger partial charge in [0.1, 0.15) is 5.82 Å². The molecular weight excluding hydrogens is 209 g/mol. The molecule has 1 aromatic rings. The summed E-state index contributed by atoms with van der Waals surface area (Å²) in [5, 5.41) is 3.90. The highest BCUT2D eigenvalue weighted by atomic mass is 32.2. The van der Waals surface area contributed by atoms with Crippen LogP contribution in [0, 0.1) is 5.82 Å². The van der Waals surface area contributed by atoms with Gasteiger partial charge in [0.05, 0.1) is 0 Å². The van der Waals surface area contributed by atoms with E-state index in [4.69, 9.17) is 0 Å². The lowest BCUT2D eigenvalue weighted by molar-refractivity contribution is 0.487. The summed E-state index contributed by atoms with van der Waals surface area (Å²) < 4.78 is 13.6. The van der Waals surface area contributed by atoms with Crippen LogP contribution in [0.4, 0.5) is 4.39 Å². The number of halogens is 1. The van der Waals surface area contributed by atoms with E-state index in [1.54, 1.807) is 23.9 Å². The standard InChI is InChI=1S/C12H16FNS/c1-3-14-11-7-8(2)15-12-9(11)5-4-6-10(12)13/h4-6,8,11,14H,3,7H2,1-2H3. The van der Waals surface area contributed by atoms with E-state index in [0.29, 0.717) is 11.3 Å². The van der Waals surface area contributed by atoms with Gasteiger partial charge < -0.3 is 5.32 Å². The molecule has 2 rings (SSSR count). The van der Waals surface area contributed by atoms with Crippen LogP contribution >= 0.6 is 11.8 Å². The van der Waals surface area contributed by atoms with Crippen LogP contribution in [0.1, 0.15) is 31.9 Å². The second-order valence-corrected chi connectivity index (χ2v) is 5.38. The van der Waals surface area contributed by atoms with Crippen molar-refractivity contribution in [1.82, 2.24) is 5.32 Å². The Morgan fingerprint density at radius 1 is 1.53 bits per heavy atom. The highest BCUT2D eigenvalue weighted by Gasteiger charge is 2.26. The molecule has 1 nitrogen and oxygen atoms in total. The third-order valence-corrected chi connectivity index (χ3v) is 3.97. The van der Waals surface area contributed by atoms with Crippen LogP contribution in [0.5, 0.6) is 0 Å². The zero-order valence-electron chi connectivity index (χ0n) is 9.09. The molecule has 1 aliphatic rings. The minimum absolute atomic E-state index is 0.0769. The van der Waals surface area contributed by atoms with E-state index in [2.05, 4.69) is 19.2 Å². The van der Waals surface area contributed by atoms with E-state index in [-0.39, 0.29) is 5.82 Å². The van der Waals surface area contributed by atoms with Gasteiger partial charge in [-0.2, -0.15) is 0 Å². The van der Waals surface area contributed by atoms with Crippen LogP contribution < -0.4 is 5.32 Å². The maximum absolute atomic E-state index is 13.6. The highest BCUT2D eigenvalue weighted by molar-refractivity contribution is 8.00. The van der Waals surface area contributed by atoms with Crippen LogP contribution in [-0.4, -0.2) is 11.8 Å². The summed E-state index contributed by atoms with van der Waals surface area (Å²) in [6.45, 7) is 5.17. The van der Waals surface area contributed by atoms with Gasteiger partial charge in [0.25, 0.3) is 0 Å². The molecule has 1 aliphatic heterocycles. The van der Waals surface area contributed by atoms with Crippen LogP contribution in [0.25, 0.3) is 0 Å². The second-order valence-electron chi connectivity index (χ2n) is 3.93. The first kappa shape index (κ1) is 11.0. The monoisotopic (exact) mass is 225 g/mol. The number of benzene rings is 1. The molecule has 1 N–H and O–H groups in total. The summed E-state index contributed by atoms with van der Waals surface area (Å²) in [5.74, 6) is -0.0769. The lowest BCUT2D eigenvalue weighted by Gasteiger charge is -2.29. The number of thioether (sulfide) groups is 1. The zero-order valence-corrected chi connectivity index (χ0v) is 9.90. The second kappa shape index (κ2) is 4.54. The summed E-state index contributed by atoms with van der Waals surface area (Å²) in [5.41, 5.74) is 1.12. The molecule has 1 heterocycles. The largest absolute Gasteiger partial charge is 0.310 e. The van der Waals surface area contributed by atoms with E-state index in [9.17, 15) is 4.39 Å². The van der Waals surface area contributed by atoms with Gasteiger partial charge in [-0.15, -0.1) is 11.8 Å². The molecule has 15 heavy (non-hydrogen) atoms. The molecule has 0 aliphatic carbocycles. The van der Waals surface area contributed by atoms with Gasteiger partial charge in [0.2, 0.25) is 0 Å². The Hall–Kier alpha value is -0.540. The number of hydrogen-bond acceptors (Lipinski definition) is 2. The Morgan fingerprint density at radius 3 is 3.07 bits per heavy atom. The van der Waals surface area contributed by atoms with Crippen molar-refractivity contribution in [2.24, 2.45) is 0 Å². The van der Waals surface area contributed by atoms with E-state index in [0.717, 1.165) is 23.4 Å². The number of hydrogen-bond donors (Lipinski definition) is 1. The van der Waals surface area contributed by atoms with Crippen molar-refractivity contribution in [1.29, 1.82) is 0 Å². The third-order valence-electron chi connectivity index (χ3n) is 2.71. The molecule has 0 saturated heterocycles. The predicted octanol–water partition coefficient (Wildman–Crippen LogP) is 3.36. The van der Waals surface area contributed by atoms with Crippen molar-refractivity contribution in [3.05, 3.63) is 29.6 Å². The average molecular weight is 225 g/mol. The Bertz CT molecular complexity index is 353. The quantitative estimate of drug-likeness (QED) is 0.828. The van der Waals surface area contributed by atoms with Crippen LogP contribution in [-0.2, 0) is 0 Å². The van der Waals surface area contributed by atoms with Crippen molar-refractivity contribution in [3.63, 3.8) is 0 Å². The van der Waals surface area contributed by atoms with Gasteiger partial charge in [0.15, 0.2) is 0 Å². The Labute approximate surface area is 94.5 Å². The number of fused-ring (bicyclic) bond motifs is 1. The number of rotatable bonds is 2. The molecule has 0 aromatic heterocycles. The summed E-state index contributed by atoms with van der Waals surface area (Å²) in [6, 6.07) is 5.70. The molecule has 0 saturated carbocycles.